The second-order valence-corrected chi connectivity index (χ2v) is 6.15. The summed E-state index contributed by atoms with van der Waals surface area (Å²) in [6.45, 7) is 0.567. The highest BCUT2D eigenvalue weighted by molar-refractivity contribution is 9.10. The van der Waals surface area contributed by atoms with Crippen molar-refractivity contribution in [3.05, 3.63) is 32.3 Å². The maximum absolute atomic E-state index is 10.7. The van der Waals surface area contributed by atoms with Crippen LogP contribution in [0.4, 0.5) is 4.79 Å². The molecule has 4 nitrogen and oxygen atoms in total. The van der Waals surface area contributed by atoms with Gasteiger partial charge in [-0.15, -0.1) is 0 Å². The molecule has 1 aliphatic heterocycles. The molecule has 0 aliphatic carbocycles. The molecule has 1 atom stereocenters. The molecule has 0 saturated heterocycles. The zero-order valence-electron chi connectivity index (χ0n) is 9.58. The summed E-state index contributed by atoms with van der Waals surface area (Å²) in [7, 11) is 0. The van der Waals surface area contributed by atoms with Crippen molar-refractivity contribution in [2.45, 2.75) is 19.0 Å². The number of nitrogens with zero attached hydrogens (tertiary/aromatic N) is 1. The van der Waals surface area contributed by atoms with E-state index in [0.29, 0.717) is 23.0 Å². The molecular weight excluding hydrogens is 355 g/mol. The van der Waals surface area contributed by atoms with Crippen molar-refractivity contribution in [3.63, 3.8) is 0 Å². The number of rotatable bonds is 1. The Bertz CT molecular complexity index is 699. The van der Waals surface area contributed by atoms with Crippen LogP contribution in [-0.2, 0) is 13.0 Å². The molecule has 1 aromatic heterocycles. The van der Waals surface area contributed by atoms with E-state index in [0.717, 1.165) is 21.1 Å². The molecule has 0 radical (unpaired) electrons. The van der Waals surface area contributed by atoms with Crippen molar-refractivity contribution in [3.8, 4) is 0 Å². The first-order valence-corrected chi connectivity index (χ1v) is 7.17. The first-order chi connectivity index (χ1) is 8.97. The monoisotopic (exact) mass is 362 g/mol. The Morgan fingerprint density at radius 1 is 1.47 bits per heavy atom. The number of hydrogen-bond acceptors (Lipinski definition) is 1. The third-order valence-corrected chi connectivity index (χ3v) is 4.73. The highest BCUT2D eigenvalue weighted by atomic mass is 79.9. The summed E-state index contributed by atoms with van der Waals surface area (Å²) in [5.41, 5.74) is 1.91. The van der Waals surface area contributed by atoms with Crippen LogP contribution in [-0.4, -0.2) is 21.8 Å². The first kappa shape index (κ1) is 13.1. The Balaban J connectivity index is 2.11. The lowest BCUT2D eigenvalue weighted by atomic mass is 10.2. The Labute approximate surface area is 127 Å². The van der Waals surface area contributed by atoms with Gasteiger partial charge in [-0.1, -0.05) is 39.1 Å². The normalized spacial score (nSPS) is 17.7. The van der Waals surface area contributed by atoms with Crippen LogP contribution in [0.15, 0.2) is 16.6 Å². The quantitative estimate of drug-likeness (QED) is 0.755. The molecule has 0 fully saturated rings. The Kier molecular flexibility index (Phi) is 3.15. The molecule has 1 aliphatic rings. The second-order valence-electron chi connectivity index (χ2n) is 4.51. The molecule has 0 spiro atoms. The van der Waals surface area contributed by atoms with E-state index in [4.69, 9.17) is 28.3 Å². The molecule has 2 N–H and O–H groups in total. The number of halogens is 3. The van der Waals surface area contributed by atoms with Gasteiger partial charge in [0.05, 0.1) is 21.6 Å². The van der Waals surface area contributed by atoms with E-state index in [1.54, 1.807) is 6.07 Å². The lowest BCUT2D eigenvalue weighted by Gasteiger charge is -2.10. The summed E-state index contributed by atoms with van der Waals surface area (Å²) in [6.07, 6.45) is -0.355. The molecule has 19 heavy (non-hydrogen) atoms. The molecule has 0 saturated carbocycles. The largest absolute Gasteiger partial charge is 0.465 e. The highest BCUT2D eigenvalue weighted by Crippen LogP contribution is 2.39. The Morgan fingerprint density at radius 2 is 2.21 bits per heavy atom. The zero-order valence-corrected chi connectivity index (χ0v) is 12.7. The van der Waals surface area contributed by atoms with E-state index in [1.807, 2.05) is 10.6 Å². The topological polar surface area (TPSA) is 54.3 Å². The summed E-state index contributed by atoms with van der Waals surface area (Å²) < 4.78 is 2.91. The minimum atomic E-state index is -1.01. The van der Waals surface area contributed by atoms with E-state index in [2.05, 4.69) is 21.2 Å². The zero-order chi connectivity index (χ0) is 13.7. The van der Waals surface area contributed by atoms with Crippen molar-refractivity contribution < 1.29 is 9.90 Å². The molecule has 0 bridgehead atoms. The van der Waals surface area contributed by atoms with Gasteiger partial charge in [-0.05, 0) is 12.1 Å². The van der Waals surface area contributed by atoms with E-state index in [9.17, 15) is 4.79 Å². The number of carboxylic acid groups (broad SMARTS) is 1. The fourth-order valence-corrected chi connectivity index (χ4v) is 3.69. The van der Waals surface area contributed by atoms with Crippen LogP contribution in [0.5, 0.6) is 0 Å². The number of carbonyl (C=O) groups is 1. The third-order valence-electron chi connectivity index (χ3n) is 3.30. The van der Waals surface area contributed by atoms with Crippen LogP contribution < -0.4 is 5.32 Å². The van der Waals surface area contributed by atoms with Crippen molar-refractivity contribution in [1.29, 1.82) is 0 Å². The highest BCUT2D eigenvalue weighted by Gasteiger charge is 2.27. The van der Waals surface area contributed by atoms with Crippen molar-refractivity contribution in [2.24, 2.45) is 0 Å². The average molecular weight is 364 g/mol. The fourth-order valence-electron chi connectivity index (χ4n) is 2.57. The van der Waals surface area contributed by atoms with Gasteiger partial charge in [0.25, 0.3) is 0 Å². The number of hydrogen-bond donors (Lipinski definition) is 2. The van der Waals surface area contributed by atoms with E-state index >= 15 is 0 Å². The van der Waals surface area contributed by atoms with Gasteiger partial charge in [-0.3, -0.25) is 0 Å². The van der Waals surface area contributed by atoms with Gasteiger partial charge in [0, 0.05) is 28.5 Å². The van der Waals surface area contributed by atoms with Gasteiger partial charge in [-0.25, -0.2) is 4.79 Å². The average Bonchev–Trinajstić information content (AvgIpc) is 2.82. The Hall–Kier alpha value is -0.910. The van der Waals surface area contributed by atoms with Gasteiger partial charge in [-0.2, -0.15) is 0 Å². The molecule has 1 aromatic carbocycles. The van der Waals surface area contributed by atoms with Gasteiger partial charge in [0.2, 0.25) is 0 Å². The van der Waals surface area contributed by atoms with Crippen LogP contribution in [0.3, 0.4) is 0 Å². The maximum atomic E-state index is 10.7. The van der Waals surface area contributed by atoms with E-state index in [1.165, 1.54) is 0 Å². The van der Waals surface area contributed by atoms with Crippen LogP contribution in [0.1, 0.15) is 5.69 Å². The molecule has 2 heterocycles. The molecule has 0 unspecified atom stereocenters. The number of fused-ring (bicyclic) bond motifs is 3. The first-order valence-electron chi connectivity index (χ1n) is 5.62. The fraction of sp³-hybridized carbons (Fsp3) is 0.250. The molecule has 7 heteroatoms. The summed E-state index contributed by atoms with van der Waals surface area (Å²) in [4.78, 5) is 10.7. The smallest absolute Gasteiger partial charge is 0.404 e. The van der Waals surface area contributed by atoms with Crippen molar-refractivity contribution in [2.75, 3.05) is 0 Å². The molecule has 100 valence electrons. The number of aromatic nitrogens is 1. The van der Waals surface area contributed by atoms with Gasteiger partial charge in [0.1, 0.15) is 0 Å². The molecule has 3 rings (SSSR count). The van der Waals surface area contributed by atoms with E-state index in [-0.39, 0.29) is 6.04 Å². The van der Waals surface area contributed by atoms with Gasteiger partial charge < -0.3 is 15.0 Å². The van der Waals surface area contributed by atoms with Crippen LogP contribution in [0.25, 0.3) is 10.9 Å². The summed E-state index contributed by atoms with van der Waals surface area (Å²) in [5, 5.41) is 13.3. The summed E-state index contributed by atoms with van der Waals surface area (Å²) in [6, 6.07) is 3.67. The number of nitrogens with one attached hydrogen (secondary N) is 1. The second kappa shape index (κ2) is 4.58. The van der Waals surface area contributed by atoms with Crippen LogP contribution in [0.2, 0.25) is 10.0 Å². The predicted molar refractivity (Wildman–Crippen MR) is 78.3 cm³/mol. The lowest BCUT2D eigenvalue weighted by molar-refractivity contribution is 0.189. The number of benzene rings is 1. The summed E-state index contributed by atoms with van der Waals surface area (Å²) in [5.74, 6) is 0. The predicted octanol–water partition coefficient (Wildman–Crippen LogP) is 3.90. The van der Waals surface area contributed by atoms with Crippen molar-refractivity contribution in [1.82, 2.24) is 9.88 Å². The third kappa shape index (κ3) is 2.10. The molecule has 1 amide bonds. The van der Waals surface area contributed by atoms with Gasteiger partial charge in [0.15, 0.2) is 0 Å². The van der Waals surface area contributed by atoms with Crippen LogP contribution in [0, 0.1) is 0 Å². The minimum Gasteiger partial charge on any atom is -0.465 e. The SMILES string of the molecule is O=C(O)N[C@H]1Cc2cc3c(Br)cc(Cl)c(Cl)c3n2C1. The van der Waals surface area contributed by atoms with Crippen molar-refractivity contribution >= 4 is 56.1 Å². The van der Waals surface area contributed by atoms with Gasteiger partial charge >= 0.3 is 6.09 Å². The Morgan fingerprint density at radius 3 is 2.89 bits per heavy atom. The number of amides is 1. The standard InChI is InChI=1S/C12H9BrCl2N2O2/c13-8-3-9(14)10(15)11-7(8)2-6-1-5(4-17(6)11)16-12(18)19/h2-3,5,16H,1,4H2,(H,18,19)/t5-/m0/s1. The minimum absolute atomic E-state index is 0.120. The molecule has 2 aromatic rings. The lowest BCUT2D eigenvalue weighted by Crippen LogP contribution is -2.34. The van der Waals surface area contributed by atoms with Crippen LogP contribution >= 0.6 is 39.1 Å². The van der Waals surface area contributed by atoms with E-state index < -0.39 is 6.09 Å². The molecular formula is C12H9BrCl2N2O2. The summed E-state index contributed by atoms with van der Waals surface area (Å²) >= 11 is 15.8. The maximum Gasteiger partial charge on any atom is 0.404 e.